The number of nitrogens with zero attached hydrogens (tertiary/aromatic N) is 3. The van der Waals surface area contributed by atoms with Crippen LogP contribution in [0.5, 0.6) is 0 Å². The number of nitrogens with two attached hydrogens (primary N) is 1. The van der Waals surface area contributed by atoms with E-state index in [9.17, 15) is 0 Å². The van der Waals surface area contributed by atoms with Gasteiger partial charge in [-0.05, 0) is 0 Å². The molecule has 0 atom stereocenters. The molecule has 65 valence electrons. The van der Waals surface area contributed by atoms with Gasteiger partial charge < -0.3 is 0 Å². The Kier molecular flexibility index (Phi) is 2.04. The molecule has 0 spiro atoms. The molecule has 2 rings (SSSR count). The van der Waals surface area contributed by atoms with Crippen molar-refractivity contribution in [1.29, 1.82) is 0 Å². The van der Waals surface area contributed by atoms with E-state index in [0.29, 0.717) is 10.7 Å². The zero-order valence-corrected chi connectivity index (χ0v) is 8.43. The third-order valence-electron chi connectivity index (χ3n) is 1.67. The summed E-state index contributed by atoms with van der Waals surface area (Å²) in [5.74, 6) is 0.389. The molecule has 13 heavy (non-hydrogen) atoms. The minimum absolute atomic E-state index is 0.389. The fraction of sp³-hybridized carbons (Fsp3) is 0. The van der Waals surface area contributed by atoms with Crippen LogP contribution in [-0.2, 0) is 0 Å². The number of aromatic nitrogens is 3. The summed E-state index contributed by atoms with van der Waals surface area (Å²) in [6, 6.07) is 9.71. The number of anilines is 1. The summed E-state index contributed by atoms with van der Waals surface area (Å²) in [6.45, 7) is 0. The third-order valence-corrected chi connectivity index (χ3v) is 2.23. The molecule has 1 radical (unpaired) electrons. The van der Waals surface area contributed by atoms with Gasteiger partial charge in [-0.1, -0.05) is 0 Å². The van der Waals surface area contributed by atoms with E-state index >= 15 is 0 Å². The summed E-state index contributed by atoms with van der Waals surface area (Å²) in [5.41, 5.74) is 6.60. The van der Waals surface area contributed by atoms with Gasteiger partial charge in [-0.25, -0.2) is 0 Å². The van der Waals surface area contributed by atoms with Gasteiger partial charge in [0.1, 0.15) is 0 Å². The predicted molar refractivity (Wildman–Crippen MR) is 51.2 cm³/mol. The number of nitrogen functional groups attached to an aromatic ring is 1. The van der Waals surface area contributed by atoms with Crippen molar-refractivity contribution in [2.75, 3.05) is 5.73 Å². The molecule has 0 aliphatic rings. The molecule has 1 heterocycles. The number of hydrogen-bond acceptors (Lipinski definition) is 3. The summed E-state index contributed by atoms with van der Waals surface area (Å²) < 4.78 is 2.42. The molecular weight excluding hydrogens is 231 g/mol. The molecule has 2 N–H and O–H groups in total. The number of hydrogen-bond donors (Lipinski definition) is 1. The molecular formula is C8H7N4Se. The van der Waals surface area contributed by atoms with Crippen LogP contribution in [0, 0.1) is 0 Å². The van der Waals surface area contributed by atoms with Crippen LogP contribution in [0.1, 0.15) is 0 Å². The number of para-hydroxylation sites is 1. The van der Waals surface area contributed by atoms with E-state index in [1.807, 2.05) is 30.3 Å². The van der Waals surface area contributed by atoms with Gasteiger partial charge in [-0.15, -0.1) is 0 Å². The van der Waals surface area contributed by atoms with Crippen LogP contribution in [0.3, 0.4) is 0 Å². The standard InChI is InChI=1S/C8H7N4Se/c9-7-10-11-8(13)12(7)6-4-2-1-3-5-6/h1-5H,(H2,9,10). The summed E-state index contributed by atoms with van der Waals surface area (Å²) in [7, 11) is 0. The Morgan fingerprint density at radius 1 is 1.15 bits per heavy atom. The minimum atomic E-state index is 0.389. The van der Waals surface area contributed by atoms with Gasteiger partial charge in [0.25, 0.3) is 0 Å². The fourth-order valence-electron chi connectivity index (χ4n) is 1.10. The Balaban J connectivity index is 2.59. The maximum absolute atomic E-state index is 5.64. The van der Waals surface area contributed by atoms with Crippen molar-refractivity contribution in [2.45, 2.75) is 0 Å². The molecule has 2 aromatic rings. The fourth-order valence-corrected chi connectivity index (χ4v) is 1.60. The monoisotopic (exact) mass is 239 g/mol. The second-order valence-corrected chi connectivity index (χ2v) is 3.28. The first-order valence-corrected chi connectivity index (χ1v) is 4.58. The Labute approximate surface area is 83.6 Å². The molecule has 0 fully saturated rings. The molecule has 5 heteroatoms. The molecule has 4 nitrogen and oxygen atoms in total. The second kappa shape index (κ2) is 3.20. The van der Waals surface area contributed by atoms with Crippen LogP contribution >= 0.6 is 0 Å². The molecule has 0 aliphatic heterocycles. The van der Waals surface area contributed by atoms with Crippen molar-refractivity contribution >= 4 is 26.7 Å². The van der Waals surface area contributed by atoms with E-state index in [2.05, 4.69) is 26.2 Å². The van der Waals surface area contributed by atoms with E-state index in [-0.39, 0.29) is 0 Å². The molecule has 0 saturated carbocycles. The van der Waals surface area contributed by atoms with E-state index in [4.69, 9.17) is 5.73 Å². The van der Waals surface area contributed by atoms with E-state index in [1.165, 1.54) is 0 Å². The van der Waals surface area contributed by atoms with Crippen LogP contribution in [-0.4, -0.2) is 30.8 Å². The van der Waals surface area contributed by atoms with Crippen LogP contribution in [0.15, 0.2) is 30.3 Å². The van der Waals surface area contributed by atoms with Gasteiger partial charge in [0, 0.05) is 0 Å². The van der Waals surface area contributed by atoms with Crippen LogP contribution < -0.4 is 10.5 Å². The molecule has 0 amide bonds. The number of benzene rings is 1. The zero-order valence-electron chi connectivity index (χ0n) is 6.71. The molecule has 0 unspecified atom stereocenters. The number of rotatable bonds is 1. The molecule has 0 bridgehead atoms. The Hall–Kier alpha value is -1.32. The van der Waals surface area contributed by atoms with Gasteiger partial charge >= 0.3 is 83.2 Å². The van der Waals surface area contributed by atoms with Gasteiger partial charge in [-0.2, -0.15) is 0 Å². The first-order valence-electron chi connectivity index (χ1n) is 3.72. The van der Waals surface area contributed by atoms with Crippen molar-refractivity contribution in [3.63, 3.8) is 0 Å². The van der Waals surface area contributed by atoms with Gasteiger partial charge in [0.15, 0.2) is 0 Å². The zero-order chi connectivity index (χ0) is 9.26. The summed E-state index contributed by atoms with van der Waals surface area (Å²) in [4.78, 5) is 0. The van der Waals surface area contributed by atoms with E-state index in [1.54, 1.807) is 4.57 Å². The quantitative estimate of drug-likeness (QED) is 0.690. The molecule has 1 aromatic heterocycles. The molecule has 0 saturated heterocycles. The Bertz CT molecular complexity index is 390. The Morgan fingerprint density at radius 3 is 2.38 bits per heavy atom. The Morgan fingerprint density at radius 2 is 1.85 bits per heavy atom. The first kappa shape index (κ1) is 8.29. The van der Waals surface area contributed by atoms with Gasteiger partial charge in [0.2, 0.25) is 0 Å². The van der Waals surface area contributed by atoms with Crippen LogP contribution in [0.4, 0.5) is 5.95 Å². The van der Waals surface area contributed by atoms with Gasteiger partial charge in [-0.3, -0.25) is 0 Å². The molecule has 0 aliphatic carbocycles. The molecule has 1 aromatic carbocycles. The van der Waals surface area contributed by atoms with E-state index in [0.717, 1.165) is 5.69 Å². The predicted octanol–water partition coefficient (Wildman–Crippen LogP) is -0.357. The topological polar surface area (TPSA) is 56.7 Å². The van der Waals surface area contributed by atoms with Crippen molar-refractivity contribution in [2.24, 2.45) is 0 Å². The second-order valence-electron chi connectivity index (χ2n) is 2.51. The van der Waals surface area contributed by atoms with Crippen molar-refractivity contribution < 1.29 is 0 Å². The summed E-state index contributed by atoms with van der Waals surface area (Å²) in [6.07, 6.45) is 0. The average molecular weight is 238 g/mol. The average Bonchev–Trinajstić information content (AvgIpc) is 2.48. The van der Waals surface area contributed by atoms with Crippen molar-refractivity contribution in [1.82, 2.24) is 14.8 Å². The maximum atomic E-state index is 5.64. The first-order chi connectivity index (χ1) is 6.29. The van der Waals surface area contributed by atoms with Gasteiger partial charge in [0.05, 0.1) is 0 Å². The summed E-state index contributed by atoms with van der Waals surface area (Å²) in [5, 5.41) is 7.58. The summed E-state index contributed by atoms with van der Waals surface area (Å²) >= 11 is 2.80. The van der Waals surface area contributed by atoms with Crippen LogP contribution in [0.25, 0.3) is 5.69 Å². The van der Waals surface area contributed by atoms with Crippen LogP contribution in [0.2, 0.25) is 0 Å². The third kappa shape index (κ3) is 1.43. The SMILES string of the molecule is Nc1nnc([Se])n1-c1ccccc1. The normalized spacial score (nSPS) is 10.2. The van der Waals surface area contributed by atoms with Crippen molar-refractivity contribution in [3.05, 3.63) is 30.3 Å². The van der Waals surface area contributed by atoms with E-state index < -0.39 is 0 Å². The van der Waals surface area contributed by atoms with Crippen molar-refractivity contribution in [3.8, 4) is 5.69 Å².